The zero-order chi connectivity index (χ0) is 27.0. The second-order valence-corrected chi connectivity index (χ2v) is 10.7. The largest absolute Gasteiger partial charge is 0.454 e. The Kier molecular flexibility index (Phi) is 8.82. The van der Waals surface area contributed by atoms with Gasteiger partial charge in [0.05, 0.1) is 0 Å². The van der Waals surface area contributed by atoms with Gasteiger partial charge in [0.25, 0.3) is 0 Å². The second kappa shape index (κ2) is 12.8. The number of carbonyl (C=O) groups excluding carboxylic acids is 2. The van der Waals surface area contributed by atoms with E-state index in [1.165, 1.54) is 6.42 Å². The lowest BCUT2D eigenvalue weighted by Crippen LogP contribution is -2.53. The molecule has 6 nitrogen and oxygen atoms in total. The summed E-state index contributed by atoms with van der Waals surface area (Å²) in [6.45, 7) is 2.67. The Bertz CT molecular complexity index is 1270. The lowest BCUT2D eigenvalue weighted by Gasteiger charge is -2.34. The Labute approximate surface area is 231 Å². The molecule has 0 bridgehead atoms. The van der Waals surface area contributed by atoms with Gasteiger partial charge in [-0.05, 0) is 60.6 Å². The third-order valence-corrected chi connectivity index (χ3v) is 7.89. The Morgan fingerprint density at radius 3 is 2.44 bits per heavy atom. The standard InChI is InChI=1S/C33H38N2O4/c1-24-10-8-9-13-27(24)22-35(32(36)19-17-26-16-18-30-31(21-26)39-23-38-30)29(20-25-11-4-2-5-12-25)33(37)34-28-14-6-3-7-15-28/h2,4-5,8-13,16,18,21,28-29H,3,6-7,14-15,17,19-20,22-23H2,1H3,(H,34,37). The summed E-state index contributed by atoms with van der Waals surface area (Å²) >= 11 is 0. The van der Waals surface area contributed by atoms with Crippen LogP contribution in [0.5, 0.6) is 11.5 Å². The SMILES string of the molecule is Cc1ccccc1CN(C(=O)CCc1ccc2c(c1)OCO2)C(Cc1ccccc1)C(=O)NC1CCCCC1. The van der Waals surface area contributed by atoms with Crippen LogP contribution in [0.15, 0.2) is 72.8 Å². The Balaban J connectivity index is 1.40. The van der Waals surface area contributed by atoms with Crippen molar-refractivity contribution in [3.8, 4) is 11.5 Å². The summed E-state index contributed by atoms with van der Waals surface area (Å²) in [5, 5.41) is 3.31. The van der Waals surface area contributed by atoms with Crippen molar-refractivity contribution in [2.24, 2.45) is 0 Å². The molecule has 0 aromatic heterocycles. The smallest absolute Gasteiger partial charge is 0.243 e. The third kappa shape index (κ3) is 6.99. The molecule has 0 radical (unpaired) electrons. The fourth-order valence-corrected chi connectivity index (χ4v) is 5.56. The average molecular weight is 527 g/mol. The molecule has 1 unspecified atom stereocenters. The number of hydrogen-bond acceptors (Lipinski definition) is 4. The van der Waals surface area contributed by atoms with E-state index in [-0.39, 0.29) is 24.6 Å². The minimum atomic E-state index is -0.599. The lowest BCUT2D eigenvalue weighted by molar-refractivity contribution is -0.141. The van der Waals surface area contributed by atoms with Crippen LogP contribution in [-0.2, 0) is 29.0 Å². The summed E-state index contributed by atoms with van der Waals surface area (Å²) in [6.07, 6.45) is 6.82. The molecule has 3 aromatic rings. The summed E-state index contributed by atoms with van der Waals surface area (Å²) in [7, 11) is 0. The zero-order valence-corrected chi connectivity index (χ0v) is 22.7. The highest BCUT2D eigenvalue weighted by molar-refractivity contribution is 5.88. The highest BCUT2D eigenvalue weighted by atomic mass is 16.7. The van der Waals surface area contributed by atoms with E-state index in [4.69, 9.17) is 9.47 Å². The van der Waals surface area contributed by atoms with Gasteiger partial charge in [-0.3, -0.25) is 9.59 Å². The molecule has 1 saturated carbocycles. The van der Waals surface area contributed by atoms with Crippen molar-refractivity contribution >= 4 is 11.8 Å². The molecule has 1 aliphatic carbocycles. The van der Waals surface area contributed by atoms with E-state index in [9.17, 15) is 9.59 Å². The molecule has 1 atom stereocenters. The van der Waals surface area contributed by atoms with Crippen molar-refractivity contribution in [1.82, 2.24) is 10.2 Å². The number of ether oxygens (including phenoxy) is 2. The molecule has 3 aromatic carbocycles. The van der Waals surface area contributed by atoms with Gasteiger partial charge in [-0.15, -0.1) is 0 Å². The van der Waals surface area contributed by atoms with Crippen LogP contribution < -0.4 is 14.8 Å². The van der Waals surface area contributed by atoms with Gasteiger partial charge in [0.2, 0.25) is 18.6 Å². The fraction of sp³-hybridized carbons (Fsp3) is 0.394. The average Bonchev–Trinajstić information content (AvgIpc) is 3.44. The van der Waals surface area contributed by atoms with Crippen LogP contribution in [-0.4, -0.2) is 35.6 Å². The minimum Gasteiger partial charge on any atom is -0.454 e. The van der Waals surface area contributed by atoms with Crippen LogP contribution in [0.1, 0.15) is 60.8 Å². The molecule has 204 valence electrons. The van der Waals surface area contributed by atoms with Gasteiger partial charge in [-0.1, -0.05) is 79.9 Å². The number of aryl methyl sites for hydroxylation is 2. The Morgan fingerprint density at radius 1 is 0.897 bits per heavy atom. The van der Waals surface area contributed by atoms with Crippen molar-refractivity contribution in [3.05, 3.63) is 95.1 Å². The molecule has 1 fully saturated rings. The van der Waals surface area contributed by atoms with E-state index in [2.05, 4.69) is 18.3 Å². The van der Waals surface area contributed by atoms with Gasteiger partial charge in [-0.2, -0.15) is 0 Å². The van der Waals surface area contributed by atoms with Gasteiger partial charge >= 0.3 is 0 Å². The Hall–Kier alpha value is -3.80. The van der Waals surface area contributed by atoms with Gasteiger partial charge in [0, 0.05) is 25.4 Å². The first kappa shape index (κ1) is 26.8. The van der Waals surface area contributed by atoms with Crippen molar-refractivity contribution in [1.29, 1.82) is 0 Å². The number of hydrogen-bond donors (Lipinski definition) is 1. The van der Waals surface area contributed by atoms with Crippen LogP contribution in [0, 0.1) is 6.92 Å². The maximum absolute atomic E-state index is 14.0. The summed E-state index contributed by atoms with van der Waals surface area (Å²) in [4.78, 5) is 29.7. The number of fused-ring (bicyclic) bond motifs is 1. The van der Waals surface area contributed by atoms with E-state index in [1.54, 1.807) is 4.90 Å². The number of nitrogens with zero attached hydrogens (tertiary/aromatic N) is 1. The quantitative estimate of drug-likeness (QED) is 0.366. The maximum atomic E-state index is 14.0. The van der Waals surface area contributed by atoms with Crippen molar-refractivity contribution < 1.29 is 19.1 Å². The predicted octanol–water partition coefficient (Wildman–Crippen LogP) is 5.75. The van der Waals surface area contributed by atoms with Crippen LogP contribution >= 0.6 is 0 Å². The van der Waals surface area contributed by atoms with Gasteiger partial charge < -0.3 is 19.7 Å². The molecule has 1 aliphatic heterocycles. The topological polar surface area (TPSA) is 67.9 Å². The monoisotopic (exact) mass is 526 g/mol. The van der Waals surface area contributed by atoms with Crippen LogP contribution in [0.4, 0.5) is 0 Å². The fourth-order valence-electron chi connectivity index (χ4n) is 5.56. The molecule has 2 amide bonds. The number of nitrogens with one attached hydrogen (secondary N) is 1. The first-order valence-corrected chi connectivity index (χ1v) is 14.1. The highest BCUT2D eigenvalue weighted by Crippen LogP contribution is 2.33. The summed E-state index contributed by atoms with van der Waals surface area (Å²) in [5.41, 5.74) is 4.21. The predicted molar refractivity (Wildman–Crippen MR) is 152 cm³/mol. The molecule has 6 heteroatoms. The third-order valence-electron chi connectivity index (χ3n) is 7.89. The van der Waals surface area contributed by atoms with E-state index >= 15 is 0 Å². The highest BCUT2D eigenvalue weighted by Gasteiger charge is 2.32. The molecule has 2 aliphatic rings. The summed E-state index contributed by atoms with van der Waals surface area (Å²) < 4.78 is 11.0. The molecule has 5 rings (SSSR count). The number of amides is 2. The van der Waals surface area contributed by atoms with Gasteiger partial charge in [-0.25, -0.2) is 0 Å². The molecule has 0 saturated heterocycles. The molecule has 39 heavy (non-hydrogen) atoms. The normalized spacial score (nSPS) is 15.5. The molecular weight excluding hydrogens is 488 g/mol. The minimum absolute atomic E-state index is 0.0318. The Morgan fingerprint density at radius 2 is 1.64 bits per heavy atom. The number of rotatable bonds is 10. The molecular formula is C33H38N2O4. The molecule has 1 N–H and O–H groups in total. The molecule has 1 heterocycles. The summed E-state index contributed by atoms with van der Waals surface area (Å²) in [6, 6.07) is 23.5. The first-order valence-electron chi connectivity index (χ1n) is 14.1. The van der Waals surface area contributed by atoms with Crippen LogP contribution in [0.25, 0.3) is 0 Å². The molecule has 0 spiro atoms. The van der Waals surface area contributed by atoms with Crippen molar-refractivity contribution in [2.45, 2.75) is 76.9 Å². The van der Waals surface area contributed by atoms with Gasteiger partial charge in [0.15, 0.2) is 11.5 Å². The van der Waals surface area contributed by atoms with E-state index in [0.29, 0.717) is 31.6 Å². The zero-order valence-electron chi connectivity index (χ0n) is 22.7. The van der Waals surface area contributed by atoms with Crippen molar-refractivity contribution in [2.75, 3.05) is 6.79 Å². The second-order valence-electron chi connectivity index (χ2n) is 10.7. The van der Waals surface area contributed by atoms with Crippen molar-refractivity contribution in [3.63, 3.8) is 0 Å². The van der Waals surface area contributed by atoms with E-state index < -0.39 is 6.04 Å². The number of benzene rings is 3. The summed E-state index contributed by atoms with van der Waals surface area (Å²) in [5.74, 6) is 1.35. The number of carbonyl (C=O) groups is 2. The van der Waals surface area contributed by atoms with E-state index in [0.717, 1.165) is 53.7 Å². The van der Waals surface area contributed by atoms with Gasteiger partial charge in [0.1, 0.15) is 6.04 Å². The van der Waals surface area contributed by atoms with Crippen LogP contribution in [0.2, 0.25) is 0 Å². The van der Waals surface area contributed by atoms with E-state index in [1.807, 2.05) is 66.7 Å². The maximum Gasteiger partial charge on any atom is 0.243 e. The lowest BCUT2D eigenvalue weighted by atomic mass is 9.94. The van der Waals surface area contributed by atoms with Crippen LogP contribution in [0.3, 0.4) is 0 Å². The first-order chi connectivity index (χ1) is 19.1.